The largest absolute Gasteiger partial charge is 0.465 e. The van der Waals surface area contributed by atoms with E-state index in [1.165, 1.54) is 38.2 Å². The Morgan fingerprint density at radius 1 is 0.833 bits per heavy atom. The number of allylic oxidation sites excluding steroid dienone is 1. The number of carbonyl (C=O) groups excluding carboxylic acids is 2. The Balaban J connectivity index is 3.29. The highest BCUT2D eigenvalue weighted by Gasteiger charge is 2.22. The lowest BCUT2D eigenvalue weighted by Gasteiger charge is -2.16. The van der Waals surface area contributed by atoms with Gasteiger partial charge in [-0.15, -0.1) is 0 Å². The zero-order chi connectivity index (χ0) is 18.3. The first-order chi connectivity index (χ1) is 11.4. The fourth-order valence-corrected chi connectivity index (χ4v) is 2.18. The molecule has 0 atom stereocenters. The van der Waals surface area contributed by atoms with E-state index in [1.807, 2.05) is 33.8 Å². The molecular formula is C20H36O4. The Labute approximate surface area is 148 Å². The molecule has 0 spiro atoms. The van der Waals surface area contributed by atoms with E-state index in [4.69, 9.17) is 9.47 Å². The highest BCUT2D eigenvalue weighted by atomic mass is 16.5. The second-order valence-corrected chi connectivity index (χ2v) is 7.16. The van der Waals surface area contributed by atoms with Crippen molar-refractivity contribution >= 4 is 11.9 Å². The number of unbranched alkanes of at least 4 members (excludes halogenated alkanes) is 8. The van der Waals surface area contributed by atoms with Crippen molar-refractivity contribution in [2.75, 3.05) is 13.2 Å². The molecule has 0 aromatic carbocycles. The molecule has 0 bridgehead atoms. The van der Waals surface area contributed by atoms with Crippen molar-refractivity contribution in [2.45, 2.75) is 85.5 Å². The van der Waals surface area contributed by atoms with Crippen molar-refractivity contribution in [1.29, 1.82) is 0 Å². The molecule has 0 fully saturated rings. The number of ether oxygens (including phenoxy) is 2. The summed E-state index contributed by atoms with van der Waals surface area (Å²) >= 11 is 0. The predicted octanol–water partition coefficient (Wildman–Crippen LogP) is 5.21. The van der Waals surface area contributed by atoms with Crippen LogP contribution in [-0.4, -0.2) is 25.2 Å². The fourth-order valence-electron chi connectivity index (χ4n) is 2.18. The van der Waals surface area contributed by atoms with E-state index in [0.29, 0.717) is 13.2 Å². The lowest BCUT2D eigenvalue weighted by Crippen LogP contribution is -2.23. The van der Waals surface area contributed by atoms with Gasteiger partial charge in [-0.05, 0) is 47.0 Å². The van der Waals surface area contributed by atoms with E-state index in [9.17, 15) is 9.59 Å². The number of carbonyl (C=O) groups is 2. The lowest BCUT2D eigenvalue weighted by molar-refractivity contribution is -0.153. The van der Waals surface area contributed by atoms with Crippen molar-refractivity contribution in [1.82, 2.24) is 0 Å². The first-order valence-electron chi connectivity index (χ1n) is 9.38. The smallest absolute Gasteiger partial charge is 0.330 e. The maximum atomic E-state index is 11.6. The van der Waals surface area contributed by atoms with Gasteiger partial charge in [-0.1, -0.05) is 44.6 Å². The minimum atomic E-state index is -0.397. The summed E-state index contributed by atoms with van der Waals surface area (Å²) < 4.78 is 10.1. The van der Waals surface area contributed by atoms with Gasteiger partial charge in [0, 0.05) is 6.08 Å². The Morgan fingerprint density at radius 2 is 1.38 bits per heavy atom. The van der Waals surface area contributed by atoms with Crippen molar-refractivity contribution < 1.29 is 19.1 Å². The summed E-state index contributed by atoms with van der Waals surface area (Å²) in [5, 5.41) is 0. The molecule has 140 valence electrons. The van der Waals surface area contributed by atoms with Crippen LogP contribution in [-0.2, 0) is 19.1 Å². The second kappa shape index (κ2) is 14.1. The van der Waals surface area contributed by atoms with Crippen LogP contribution in [0.5, 0.6) is 0 Å². The van der Waals surface area contributed by atoms with Crippen LogP contribution >= 0.6 is 0 Å². The zero-order valence-electron chi connectivity index (χ0n) is 16.1. The molecule has 0 aliphatic carbocycles. The van der Waals surface area contributed by atoms with E-state index in [0.717, 1.165) is 25.7 Å². The van der Waals surface area contributed by atoms with Crippen LogP contribution in [0, 0.1) is 5.41 Å². The third-order valence-electron chi connectivity index (χ3n) is 3.65. The van der Waals surface area contributed by atoms with Gasteiger partial charge in [0.1, 0.15) is 0 Å². The van der Waals surface area contributed by atoms with Gasteiger partial charge in [-0.3, -0.25) is 4.79 Å². The first-order valence-corrected chi connectivity index (χ1v) is 9.38. The molecule has 0 unspecified atom stereocenters. The van der Waals surface area contributed by atoms with E-state index in [-0.39, 0.29) is 11.9 Å². The van der Waals surface area contributed by atoms with Gasteiger partial charge < -0.3 is 9.47 Å². The average Bonchev–Trinajstić information content (AvgIpc) is 2.51. The van der Waals surface area contributed by atoms with Gasteiger partial charge in [0.15, 0.2) is 0 Å². The maximum Gasteiger partial charge on any atom is 0.330 e. The van der Waals surface area contributed by atoms with Crippen molar-refractivity contribution in [2.24, 2.45) is 5.41 Å². The third-order valence-corrected chi connectivity index (χ3v) is 3.65. The van der Waals surface area contributed by atoms with E-state index >= 15 is 0 Å². The molecule has 0 aromatic rings. The molecule has 0 aliphatic rings. The Kier molecular flexibility index (Phi) is 13.3. The van der Waals surface area contributed by atoms with Crippen LogP contribution < -0.4 is 0 Å². The van der Waals surface area contributed by atoms with Crippen molar-refractivity contribution in [3.8, 4) is 0 Å². The quantitative estimate of drug-likeness (QED) is 0.262. The summed E-state index contributed by atoms with van der Waals surface area (Å²) in [5.41, 5.74) is -0.397. The van der Waals surface area contributed by atoms with Gasteiger partial charge in [0.05, 0.1) is 18.6 Å². The van der Waals surface area contributed by atoms with E-state index < -0.39 is 5.41 Å². The van der Waals surface area contributed by atoms with E-state index in [2.05, 4.69) is 0 Å². The van der Waals surface area contributed by atoms with Crippen LogP contribution in [0.3, 0.4) is 0 Å². The molecule has 0 heterocycles. The number of rotatable bonds is 13. The monoisotopic (exact) mass is 340 g/mol. The second-order valence-electron chi connectivity index (χ2n) is 7.16. The minimum Gasteiger partial charge on any atom is -0.465 e. The molecule has 24 heavy (non-hydrogen) atoms. The minimum absolute atomic E-state index is 0.112. The molecule has 4 nitrogen and oxygen atoms in total. The molecule has 0 amide bonds. The average molecular weight is 341 g/mol. The number of esters is 2. The topological polar surface area (TPSA) is 52.6 Å². The SMILES string of the molecule is CCOC(=O)/C=C/CCCCCCCCCCOC(=O)C(C)(C)C. The highest BCUT2D eigenvalue weighted by molar-refractivity contribution is 5.81. The highest BCUT2D eigenvalue weighted by Crippen LogP contribution is 2.15. The Bertz CT molecular complexity index is 366. The summed E-state index contributed by atoms with van der Waals surface area (Å²) in [6, 6.07) is 0. The zero-order valence-corrected chi connectivity index (χ0v) is 16.1. The lowest BCUT2D eigenvalue weighted by atomic mass is 9.97. The standard InChI is InChI=1S/C20H36O4/c1-5-23-18(21)16-14-12-10-8-6-7-9-11-13-15-17-24-19(22)20(2,3)4/h14,16H,5-13,15,17H2,1-4H3/b16-14+. The Hall–Kier alpha value is -1.32. The summed E-state index contributed by atoms with van der Waals surface area (Å²) in [4.78, 5) is 22.6. The molecule has 0 aliphatic heterocycles. The van der Waals surface area contributed by atoms with Gasteiger partial charge >= 0.3 is 11.9 Å². The van der Waals surface area contributed by atoms with Gasteiger partial charge in [-0.25, -0.2) is 4.79 Å². The summed E-state index contributed by atoms with van der Waals surface area (Å²) in [6.07, 6.45) is 13.7. The molecule has 0 saturated carbocycles. The van der Waals surface area contributed by atoms with Crippen LogP contribution in [0.25, 0.3) is 0 Å². The number of hydrogen-bond acceptors (Lipinski definition) is 4. The fraction of sp³-hybridized carbons (Fsp3) is 0.800. The van der Waals surface area contributed by atoms with Gasteiger partial charge in [0.2, 0.25) is 0 Å². The van der Waals surface area contributed by atoms with Crippen molar-refractivity contribution in [3.05, 3.63) is 12.2 Å². The van der Waals surface area contributed by atoms with Gasteiger partial charge in [0.25, 0.3) is 0 Å². The molecule has 0 aromatic heterocycles. The van der Waals surface area contributed by atoms with E-state index in [1.54, 1.807) is 0 Å². The maximum absolute atomic E-state index is 11.6. The first kappa shape index (κ1) is 22.7. The molecule has 0 radical (unpaired) electrons. The molecule has 0 N–H and O–H groups in total. The summed E-state index contributed by atoms with van der Waals surface area (Å²) in [5.74, 6) is -0.356. The van der Waals surface area contributed by atoms with Crippen LogP contribution in [0.4, 0.5) is 0 Å². The Morgan fingerprint density at radius 3 is 1.92 bits per heavy atom. The number of hydrogen-bond donors (Lipinski definition) is 0. The van der Waals surface area contributed by atoms with Crippen LogP contribution in [0.15, 0.2) is 12.2 Å². The molecule has 4 heteroatoms. The van der Waals surface area contributed by atoms with Crippen LogP contribution in [0.2, 0.25) is 0 Å². The van der Waals surface area contributed by atoms with Crippen molar-refractivity contribution in [3.63, 3.8) is 0 Å². The normalized spacial score (nSPS) is 11.7. The molecule has 0 rings (SSSR count). The summed E-state index contributed by atoms with van der Waals surface area (Å²) in [6.45, 7) is 8.42. The molecular weight excluding hydrogens is 304 g/mol. The predicted molar refractivity (Wildman–Crippen MR) is 97.7 cm³/mol. The molecule has 0 saturated heterocycles. The van der Waals surface area contributed by atoms with Gasteiger partial charge in [-0.2, -0.15) is 0 Å². The van der Waals surface area contributed by atoms with Crippen LogP contribution in [0.1, 0.15) is 85.5 Å². The summed E-state index contributed by atoms with van der Waals surface area (Å²) in [7, 11) is 0. The third kappa shape index (κ3) is 14.3.